The molecule has 0 aromatic rings. The predicted molar refractivity (Wildman–Crippen MR) is 102 cm³/mol. The number of likely N-dealkylation sites (tertiary alicyclic amines) is 1. The molecule has 0 spiro atoms. The summed E-state index contributed by atoms with van der Waals surface area (Å²) in [7, 11) is 0. The molecule has 2 atom stereocenters. The summed E-state index contributed by atoms with van der Waals surface area (Å²) in [5.74, 6) is 1.91. The van der Waals surface area contributed by atoms with E-state index in [1.807, 2.05) is 0 Å². The van der Waals surface area contributed by atoms with E-state index < -0.39 is 0 Å². The van der Waals surface area contributed by atoms with Gasteiger partial charge in [0.05, 0.1) is 0 Å². The Morgan fingerprint density at radius 3 is 1.70 bits per heavy atom. The SMILES string of the molecule is CCCCCCCC(CCCCCCC)N1CC2CNCC2C1. The maximum atomic E-state index is 3.59. The van der Waals surface area contributed by atoms with Crippen molar-refractivity contribution in [2.24, 2.45) is 11.8 Å². The Morgan fingerprint density at radius 2 is 1.22 bits per heavy atom. The van der Waals surface area contributed by atoms with Gasteiger partial charge in [-0.15, -0.1) is 0 Å². The van der Waals surface area contributed by atoms with Gasteiger partial charge in [0, 0.05) is 19.1 Å². The van der Waals surface area contributed by atoms with Gasteiger partial charge < -0.3 is 5.32 Å². The van der Waals surface area contributed by atoms with Gasteiger partial charge in [0.2, 0.25) is 0 Å². The van der Waals surface area contributed by atoms with Crippen LogP contribution in [0.4, 0.5) is 0 Å². The molecule has 2 unspecified atom stereocenters. The average molecular weight is 323 g/mol. The van der Waals surface area contributed by atoms with Gasteiger partial charge in [0.25, 0.3) is 0 Å². The van der Waals surface area contributed by atoms with E-state index in [2.05, 4.69) is 24.1 Å². The summed E-state index contributed by atoms with van der Waals surface area (Å²) in [5.41, 5.74) is 0. The van der Waals surface area contributed by atoms with Crippen LogP contribution in [0.25, 0.3) is 0 Å². The van der Waals surface area contributed by atoms with E-state index in [1.54, 1.807) is 0 Å². The van der Waals surface area contributed by atoms with Gasteiger partial charge in [-0.05, 0) is 37.8 Å². The van der Waals surface area contributed by atoms with Crippen LogP contribution in [0.2, 0.25) is 0 Å². The lowest BCUT2D eigenvalue weighted by Gasteiger charge is -2.29. The number of nitrogens with zero attached hydrogens (tertiary/aromatic N) is 1. The van der Waals surface area contributed by atoms with Gasteiger partial charge in [0.1, 0.15) is 0 Å². The molecule has 0 aliphatic carbocycles. The van der Waals surface area contributed by atoms with Gasteiger partial charge in [-0.2, -0.15) is 0 Å². The first kappa shape index (κ1) is 19.2. The quantitative estimate of drug-likeness (QED) is 0.467. The lowest BCUT2D eigenvalue weighted by Crippen LogP contribution is -2.35. The molecular formula is C21H42N2. The van der Waals surface area contributed by atoms with Gasteiger partial charge >= 0.3 is 0 Å². The number of nitrogens with one attached hydrogen (secondary N) is 1. The van der Waals surface area contributed by atoms with Crippen molar-refractivity contribution in [2.75, 3.05) is 26.2 Å². The van der Waals surface area contributed by atoms with Crippen molar-refractivity contribution in [3.05, 3.63) is 0 Å². The largest absolute Gasteiger partial charge is 0.316 e. The first-order chi connectivity index (χ1) is 11.3. The minimum absolute atomic E-state index is 0.892. The predicted octanol–water partition coefficient (Wildman–Crippen LogP) is 5.23. The molecule has 2 heteroatoms. The number of rotatable bonds is 13. The van der Waals surface area contributed by atoms with Gasteiger partial charge in [-0.1, -0.05) is 78.1 Å². The average Bonchev–Trinajstić information content (AvgIpc) is 3.14. The second kappa shape index (κ2) is 11.5. The normalized spacial score (nSPS) is 24.7. The van der Waals surface area contributed by atoms with Crippen LogP contribution in [0.3, 0.4) is 0 Å². The van der Waals surface area contributed by atoms with Crippen molar-refractivity contribution in [3.8, 4) is 0 Å². The fourth-order valence-corrected chi connectivity index (χ4v) is 4.67. The number of hydrogen-bond acceptors (Lipinski definition) is 2. The third kappa shape index (κ3) is 6.74. The summed E-state index contributed by atoms with van der Waals surface area (Å²) in [4.78, 5) is 2.88. The van der Waals surface area contributed by atoms with Crippen LogP contribution in [0.5, 0.6) is 0 Å². The maximum absolute atomic E-state index is 3.59. The van der Waals surface area contributed by atoms with E-state index in [-0.39, 0.29) is 0 Å². The second-order valence-electron chi connectivity index (χ2n) is 8.19. The summed E-state index contributed by atoms with van der Waals surface area (Å²) in [6.07, 6.45) is 17.3. The van der Waals surface area contributed by atoms with Gasteiger partial charge in [-0.25, -0.2) is 0 Å². The standard InChI is InChI=1S/C21H42N2/c1-3-5-7-9-11-13-21(14-12-10-8-6-4-2)23-17-19-15-22-16-20(19)18-23/h19-22H,3-18H2,1-2H3. The molecule has 2 aliphatic rings. The minimum atomic E-state index is 0.892. The highest BCUT2D eigenvalue weighted by Gasteiger charge is 2.38. The molecular weight excluding hydrogens is 280 g/mol. The Bertz CT molecular complexity index is 266. The highest BCUT2D eigenvalue weighted by molar-refractivity contribution is 4.93. The molecule has 23 heavy (non-hydrogen) atoms. The van der Waals surface area contributed by atoms with Crippen LogP contribution < -0.4 is 5.32 Å². The topological polar surface area (TPSA) is 15.3 Å². The van der Waals surface area contributed by atoms with Crippen molar-refractivity contribution in [1.82, 2.24) is 10.2 Å². The molecule has 0 saturated carbocycles. The van der Waals surface area contributed by atoms with Crippen molar-refractivity contribution in [2.45, 2.75) is 96.9 Å². The molecule has 0 radical (unpaired) electrons. The first-order valence-corrected chi connectivity index (χ1v) is 10.8. The second-order valence-corrected chi connectivity index (χ2v) is 8.19. The molecule has 2 saturated heterocycles. The molecule has 0 bridgehead atoms. The molecule has 2 nitrogen and oxygen atoms in total. The number of fused-ring (bicyclic) bond motifs is 1. The maximum Gasteiger partial charge on any atom is 0.00955 e. The van der Waals surface area contributed by atoms with Crippen LogP contribution in [0.15, 0.2) is 0 Å². The highest BCUT2D eigenvalue weighted by Crippen LogP contribution is 2.30. The third-order valence-electron chi connectivity index (χ3n) is 6.22. The first-order valence-electron chi connectivity index (χ1n) is 10.8. The highest BCUT2D eigenvalue weighted by atomic mass is 15.2. The molecule has 2 heterocycles. The van der Waals surface area contributed by atoms with E-state index >= 15 is 0 Å². The molecule has 0 aromatic heterocycles. The van der Waals surface area contributed by atoms with Crippen LogP contribution in [-0.2, 0) is 0 Å². The van der Waals surface area contributed by atoms with Crippen LogP contribution >= 0.6 is 0 Å². The molecule has 2 aliphatic heterocycles. The zero-order valence-electron chi connectivity index (χ0n) is 16.0. The Balaban J connectivity index is 1.69. The molecule has 2 fully saturated rings. The Kier molecular flexibility index (Phi) is 9.60. The molecule has 136 valence electrons. The molecule has 0 aromatic carbocycles. The lowest BCUT2D eigenvalue weighted by molar-refractivity contribution is 0.196. The fraction of sp³-hybridized carbons (Fsp3) is 1.00. The van der Waals surface area contributed by atoms with Crippen LogP contribution in [0.1, 0.15) is 90.9 Å². The van der Waals surface area contributed by atoms with Gasteiger partial charge in [0.15, 0.2) is 0 Å². The summed E-state index contributed by atoms with van der Waals surface area (Å²) in [6, 6.07) is 0.892. The third-order valence-corrected chi connectivity index (χ3v) is 6.22. The number of hydrogen-bond donors (Lipinski definition) is 1. The summed E-state index contributed by atoms with van der Waals surface area (Å²) in [5, 5.41) is 3.59. The van der Waals surface area contributed by atoms with E-state index in [4.69, 9.17) is 0 Å². The van der Waals surface area contributed by atoms with E-state index in [0.717, 1.165) is 17.9 Å². The lowest BCUT2D eigenvalue weighted by atomic mass is 9.99. The fourth-order valence-electron chi connectivity index (χ4n) is 4.67. The van der Waals surface area contributed by atoms with Crippen molar-refractivity contribution in [1.29, 1.82) is 0 Å². The zero-order chi connectivity index (χ0) is 16.3. The van der Waals surface area contributed by atoms with E-state index in [1.165, 1.54) is 103 Å². The Labute approximate surface area is 145 Å². The number of unbranched alkanes of at least 4 members (excludes halogenated alkanes) is 8. The molecule has 1 N–H and O–H groups in total. The Hall–Kier alpha value is -0.0800. The smallest absolute Gasteiger partial charge is 0.00955 e. The molecule has 0 amide bonds. The van der Waals surface area contributed by atoms with Crippen LogP contribution in [-0.4, -0.2) is 37.1 Å². The summed E-state index contributed by atoms with van der Waals surface area (Å²) < 4.78 is 0. The summed E-state index contributed by atoms with van der Waals surface area (Å²) in [6.45, 7) is 9.95. The summed E-state index contributed by atoms with van der Waals surface area (Å²) >= 11 is 0. The minimum Gasteiger partial charge on any atom is -0.316 e. The zero-order valence-corrected chi connectivity index (χ0v) is 16.0. The van der Waals surface area contributed by atoms with Gasteiger partial charge in [-0.3, -0.25) is 4.90 Å². The Morgan fingerprint density at radius 1 is 0.739 bits per heavy atom. The van der Waals surface area contributed by atoms with Crippen molar-refractivity contribution >= 4 is 0 Å². The molecule has 2 rings (SSSR count). The van der Waals surface area contributed by atoms with E-state index in [0.29, 0.717) is 0 Å². The monoisotopic (exact) mass is 322 g/mol. The van der Waals surface area contributed by atoms with E-state index in [9.17, 15) is 0 Å². The van der Waals surface area contributed by atoms with Crippen molar-refractivity contribution < 1.29 is 0 Å². The van der Waals surface area contributed by atoms with Crippen molar-refractivity contribution in [3.63, 3.8) is 0 Å². The van der Waals surface area contributed by atoms with Crippen LogP contribution in [0, 0.1) is 11.8 Å².